The van der Waals surface area contributed by atoms with Crippen molar-refractivity contribution in [3.8, 4) is 0 Å². The number of carbonyl (C=O) groups excluding carboxylic acids is 2. The zero-order valence-electron chi connectivity index (χ0n) is 13.1. The summed E-state index contributed by atoms with van der Waals surface area (Å²) in [6.07, 6.45) is 2.06. The molecule has 2 rings (SSSR count). The average molecular weight is 325 g/mol. The summed E-state index contributed by atoms with van der Waals surface area (Å²) < 4.78 is 26.5. The van der Waals surface area contributed by atoms with Crippen LogP contribution in [0.2, 0.25) is 0 Å². The van der Waals surface area contributed by atoms with Gasteiger partial charge in [-0.05, 0) is 31.5 Å². The van der Waals surface area contributed by atoms with Crippen LogP contribution in [-0.4, -0.2) is 42.4 Å². The second-order valence-corrected chi connectivity index (χ2v) is 5.76. The van der Waals surface area contributed by atoms with Crippen LogP contribution in [0.4, 0.5) is 14.5 Å². The highest BCUT2D eigenvalue weighted by Crippen LogP contribution is 2.16. The number of halogens is 2. The van der Waals surface area contributed by atoms with Crippen molar-refractivity contribution in [1.29, 1.82) is 0 Å². The minimum absolute atomic E-state index is 0.0591. The van der Waals surface area contributed by atoms with Crippen molar-refractivity contribution in [3.05, 3.63) is 29.8 Å². The van der Waals surface area contributed by atoms with Gasteiger partial charge in [0.2, 0.25) is 11.8 Å². The monoisotopic (exact) mass is 325 g/mol. The minimum atomic E-state index is -0.663. The van der Waals surface area contributed by atoms with Gasteiger partial charge in [0.1, 0.15) is 11.6 Å². The SMILES string of the molecule is CC(=O)NC1CCCN(CCC(=O)Nc2cc(F)ccc2F)C1. The normalized spacial score (nSPS) is 18.5. The molecule has 23 heavy (non-hydrogen) atoms. The van der Waals surface area contributed by atoms with E-state index in [0.29, 0.717) is 13.1 Å². The van der Waals surface area contributed by atoms with Crippen LogP contribution in [0.3, 0.4) is 0 Å². The molecule has 1 heterocycles. The molecule has 0 bridgehead atoms. The Balaban J connectivity index is 1.79. The Bertz CT molecular complexity index is 580. The van der Waals surface area contributed by atoms with Crippen LogP contribution in [0.5, 0.6) is 0 Å². The molecule has 2 amide bonds. The summed E-state index contributed by atoms with van der Waals surface area (Å²) in [7, 11) is 0. The van der Waals surface area contributed by atoms with Gasteiger partial charge in [-0.1, -0.05) is 0 Å². The van der Waals surface area contributed by atoms with E-state index in [0.717, 1.165) is 37.6 Å². The van der Waals surface area contributed by atoms with Gasteiger partial charge < -0.3 is 15.5 Å². The van der Waals surface area contributed by atoms with Gasteiger partial charge in [0.15, 0.2) is 0 Å². The lowest BCUT2D eigenvalue weighted by molar-refractivity contribution is -0.120. The van der Waals surface area contributed by atoms with E-state index in [9.17, 15) is 18.4 Å². The number of nitrogens with zero attached hydrogens (tertiary/aromatic N) is 1. The smallest absolute Gasteiger partial charge is 0.225 e. The maximum atomic E-state index is 13.5. The maximum absolute atomic E-state index is 13.5. The van der Waals surface area contributed by atoms with Crippen LogP contribution in [0.25, 0.3) is 0 Å². The van der Waals surface area contributed by atoms with Crippen LogP contribution in [-0.2, 0) is 9.59 Å². The molecule has 1 atom stereocenters. The molecule has 1 aliphatic rings. The van der Waals surface area contributed by atoms with E-state index in [2.05, 4.69) is 15.5 Å². The van der Waals surface area contributed by atoms with E-state index in [1.54, 1.807) is 0 Å². The van der Waals surface area contributed by atoms with E-state index in [-0.39, 0.29) is 30.0 Å². The van der Waals surface area contributed by atoms with Gasteiger partial charge in [0.05, 0.1) is 5.69 Å². The number of benzene rings is 1. The lowest BCUT2D eigenvalue weighted by Gasteiger charge is -2.32. The zero-order valence-corrected chi connectivity index (χ0v) is 13.1. The van der Waals surface area contributed by atoms with E-state index < -0.39 is 11.6 Å². The molecule has 1 aliphatic heterocycles. The lowest BCUT2D eigenvalue weighted by Crippen LogP contribution is -2.47. The Labute approximate surface area is 134 Å². The van der Waals surface area contributed by atoms with Gasteiger partial charge in [-0.3, -0.25) is 9.59 Å². The van der Waals surface area contributed by atoms with Crippen LogP contribution in [0.15, 0.2) is 18.2 Å². The molecule has 0 saturated carbocycles. The lowest BCUT2D eigenvalue weighted by atomic mass is 10.1. The second kappa shape index (κ2) is 8.01. The Morgan fingerprint density at radius 1 is 1.35 bits per heavy atom. The fraction of sp³-hybridized carbons (Fsp3) is 0.500. The first kappa shape index (κ1) is 17.3. The molecular formula is C16H21F2N3O2. The Morgan fingerprint density at radius 3 is 2.87 bits per heavy atom. The largest absolute Gasteiger partial charge is 0.352 e. The standard InChI is InChI=1S/C16H21F2N3O2/c1-11(22)19-13-3-2-7-21(10-13)8-6-16(23)20-15-9-12(17)4-5-14(15)18/h4-5,9,13H,2-3,6-8,10H2,1H3,(H,19,22)(H,20,23). The van der Waals surface area contributed by atoms with E-state index in [1.165, 1.54) is 6.92 Å². The molecule has 7 heteroatoms. The third-order valence-corrected chi connectivity index (χ3v) is 3.77. The van der Waals surface area contributed by atoms with Gasteiger partial charge in [0.25, 0.3) is 0 Å². The number of anilines is 1. The number of likely N-dealkylation sites (tertiary alicyclic amines) is 1. The molecule has 1 unspecified atom stereocenters. The third-order valence-electron chi connectivity index (χ3n) is 3.77. The van der Waals surface area contributed by atoms with Crippen LogP contribution in [0, 0.1) is 11.6 Å². The van der Waals surface area contributed by atoms with Gasteiger partial charge >= 0.3 is 0 Å². The number of carbonyl (C=O) groups is 2. The van der Waals surface area contributed by atoms with E-state index in [4.69, 9.17) is 0 Å². The van der Waals surface area contributed by atoms with Gasteiger partial charge in [-0.15, -0.1) is 0 Å². The molecule has 2 N–H and O–H groups in total. The minimum Gasteiger partial charge on any atom is -0.352 e. The fourth-order valence-corrected chi connectivity index (χ4v) is 2.73. The molecular weight excluding hydrogens is 304 g/mol. The predicted octanol–water partition coefficient (Wildman–Crippen LogP) is 1.89. The first-order valence-corrected chi connectivity index (χ1v) is 7.68. The predicted molar refractivity (Wildman–Crippen MR) is 82.9 cm³/mol. The average Bonchev–Trinajstić information content (AvgIpc) is 2.49. The van der Waals surface area contributed by atoms with Gasteiger partial charge in [-0.25, -0.2) is 8.78 Å². The molecule has 1 saturated heterocycles. The molecule has 0 spiro atoms. The summed E-state index contributed by atoms with van der Waals surface area (Å²) in [6.45, 7) is 3.55. The van der Waals surface area contributed by atoms with Gasteiger partial charge in [-0.2, -0.15) is 0 Å². The van der Waals surface area contributed by atoms with Crippen molar-refractivity contribution < 1.29 is 18.4 Å². The highest BCUT2D eigenvalue weighted by Gasteiger charge is 2.20. The number of piperidine rings is 1. The Hall–Kier alpha value is -2.02. The summed E-state index contributed by atoms with van der Waals surface area (Å²) in [5.74, 6) is -1.69. The summed E-state index contributed by atoms with van der Waals surface area (Å²) in [5.41, 5.74) is -0.148. The molecule has 5 nitrogen and oxygen atoms in total. The molecule has 1 aromatic rings. The van der Waals surface area contributed by atoms with Crippen LogP contribution < -0.4 is 10.6 Å². The van der Waals surface area contributed by atoms with Crippen molar-refractivity contribution in [2.45, 2.75) is 32.2 Å². The van der Waals surface area contributed by atoms with Crippen LogP contribution >= 0.6 is 0 Å². The molecule has 1 aromatic carbocycles. The van der Waals surface area contributed by atoms with Crippen molar-refractivity contribution >= 4 is 17.5 Å². The van der Waals surface area contributed by atoms with Crippen molar-refractivity contribution in [2.75, 3.05) is 25.0 Å². The molecule has 1 fully saturated rings. The summed E-state index contributed by atoms with van der Waals surface area (Å²) in [6, 6.07) is 3.04. The number of nitrogens with one attached hydrogen (secondary N) is 2. The number of amides is 2. The molecule has 126 valence electrons. The summed E-state index contributed by atoms with van der Waals surface area (Å²) >= 11 is 0. The molecule has 0 aromatic heterocycles. The highest BCUT2D eigenvalue weighted by molar-refractivity contribution is 5.90. The highest BCUT2D eigenvalue weighted by atomic mass is 19.1. The van der Waals surface area contributed by atoms with E-state index >= 15 is 0 Å². The molecule has 0 radical (unpaired) electrons. The zero-order chi connectivity index (χ0) is 16.8. The van der Waals surface area contributed by atoms with Crippen molar-refractivity contribution in [1.82, 2.24) is 10.2 Å². The number of hydrogen-bond donors (Lipinski definition) is 2. The van der Waals surface area contributed by atoms with E-state index in [1.807, 2.05) is 0 Å². The topological polar surface area (TPSA) is 61.4 Å². The quantitative estimate of drug-likeness (QED) is 0.869. The Morgan fingerprint density at radius 2 is 2.13 bits per heavy atom. The van der Waals surface area contributed by atoms with Crippen LogP contribution in [0.1, 0.15) is 26.2 Å². The van der Waals surface area contributed by atoms with Gasteiger partial charge in [0, 0.05) is 38.5 Å². The summed E-state index contributed by atoms with van der Waals surface area (Å²) in [4.78, 5) is 25.1. The maximum Gasteiger partial charge on any atom is 0.225 e. The molecule has 0 aliphatic carbocycles. The van der Waals surface area contributed by atoms with Crippen molar-refractivity contribution in [3.63, 3.8) is 0 Å². The Kier molecular flexibility index (Phi) is 6.04. The second-order valence-electron chi connectivity index (χ2n) is 5.76. The number of rotatable bonds is 5. The first-order chi connectivity index (χ1) is 10.9. The number of hydrogen-bond acceptors (Lipinski definition) is 3. The van der Waals surface area contributed by atoms with Crippen molar-refractivity contribution in [2.24, 2.45) is 0 Å². The fourth-order valence-electron chi connectivity index (χ4n) is 2.73. The summed E-state index contributed by atoms with van der Waals surface area (Å²) in [5, 5.41) is 5.26. The first-order valence-electron chi connectivity index (χ1n) is 7.68. The third kappa shape index (κ3) is 5.59.